The average Bonchev–Trinajstić information content (AvgIpc) is 2.64. The molecule has 0 aromatic carbocycles. The highest BCUT2D eigenvalue weighted by Gasteiger charge is 2.12. The topological polar surface area (TPSA) is 35.8 Å². The molecule has 0 aliphatic carbocycles. The summed E-state index contributed by atoms with van der Waals surface area (Å²) >= 11 is 7.42. The molecule has 1 heterocycles. The first-order valence-electron chi connectivity index (χ1n) is 5.04. The summed E-state index contributed by atoms with van der Waals surface area (Å²) in [4.78, 5) is 0. The largest absolute Gasteiger partial charge is 0.306 e. The molecule has 0 radical (unpaired) electrons. The van der Waals surface area contributed by atoms with Crippen molar-refractivity contribution in [3.8, 4) is 6.07 Å². The Labute approximate surface area is 99.9 Å². The number of hydrogen-bond acceptors (Lipinski definition) is 3. The summed E-state index contributed by atoms with van der Waals surface area (Å²) in [6.45, 7) is 4.18. The lowest BCUT2D eigenvalue weighted by Gasteiger charge is -2.19. The van der Waals surface area contributed by atoms with Gasteiger partial charge < -0.3 is 5.32 Å². The number of rotatable bonds is 5. The van der Waals surface area contributed by atoms with Crippen LogP contribution in [-0.4, -0.2) is 6.04 Å². The molecule has 1 N–H and O–H groups in total. The highest BCUT2D eigenvalue weighted by atomic mass is 35.5. The predicted octanol–water partition coefficient (Wildman–Crippen LogP) is 3.74. The second-order valence-electron chi connectivity index (χ2n) is 3.54. The van der Waals surface area contributed by atoms with Gasteiger partial charge in [-0.1, -0.05) is 18.5 Å². The first kappa shape index (κ1) is 12.5. The Kier molecular flexibility index (Phi) is 5.10. The van der Waals surface area contributed by atoms with Crippen molar-refractivity contribution in [2.24, 2.45) is 0 Å². The highest BCUT2D eigenvalue weighted by Crippen LogP contribution is 2.25. The van der Waals surface area contributed by atoms with Crippen molar-refractivity contribution in [2.45, 2.75) is 38.8 Å². The molecule has 4 heteroatoms. The van der Waals surface area contributed by atoms with Crippen LogP contribution in [0, 0.1) is 11.3 Å². The van der Waals surface area contributed by atoms with Gasteiger partial charge in [-0.15, -0.1) is 11.3 Å². The van der Waals surface area contributed by atoms with Crippen molar-refractivity contribution in [2.75, 3.05) is 0 Å². The van der Waals surface area contributed by atoms with E-state index in [2.05, 4.69) is 30.6 Å². The van der Waals surface area contributed by atoms with Crippen LogP contribution in [-0.2, 0) is 0 Å². The van der Waals surface area contributed by atoms with Crippen LogP contribution in [0.5, 0.6) is 0 Å². The fraction of sp³-hybridized carbons (Fsp3) is 0.545. The Morgan fingerprint density at radius 1 is 1.67 bits per heavy atom. The Morgan fingerprint density at radius 2 is 2.40 bits per heavy atom. The smallest absolute Gasteiger partial charge is 0.0931 e. The molecule has 2 nitrogen and oxygen atoms in total. The van der Waals surface area contributed by atoms with Crippen LogP contribution < -0.4 is 5.32 Å². The van der Waals surface area contributed by atoms with Crippen molar-refractivity contribution in [1.82, 2.24) is 5.32 Å². The first-order chi connectivity index (χ1) is 7.17. The summed E-state index contributed by atoms with van der Waals surface area (Å²) in [6, 6.07) is 4.69. The summed E-state index contributed by atoms with van der Waals surface area (Å²) < 4.78 is 0.812. The molecule has 82 valence electrons. The molecule has 0 spiro atoms. The molecule has 0 saturated heterocycles. The average molecular weight is 243 g/mol. The van der Waals surface area contributed by atoms with E-state index in [0.717, 1.165) is 10.8 Å². The fourth-order valence-electron chi connectivity index (χ4n) is 1.43. The zero-order valence-electron chi connectivity index (χ0n) is 8.96. The fourth-order valence-corrected chi connectivity index (χ4v) is 2.42. The zero-order valence-corrected chi connectivity index (χ0v) is 10.5. The van der Waals surface area contributed by atoms with Gasteiger partial charge in [0, 0.05) is 12.1 Å². The van der Waals surface area contributed by atoms with Crippen LogP contribution >= 0.6 is 22.9 Å². The number of nitriles is 1. The minimum atomic E-state index is 0.257. The summed E-state index contributed by atoms with van der Waals surface area (Å²) in [5.41, 5.74) is 1.20. The molecule has 1 aromatic rings. The van der Waals surface area contributed by atoms with Gasteiger partial charge in [0.2, 0.25) is 0 Å². The van der Waals surface area contributed by atoms with Gasteiger partial charge in [-0.05, 0) is 30.4 Å². The third kappa shape index (κ3) is 3.83. The maximum Gasteiger partial charge on any atom is 0.0931 e. The molecule has 0 aliphatic heterocycles. The third-order valence-electron chi connectivity index (χ3n) is 2.40. The molecule has 0 saturated carbocycles. The number of thiophene rings is 1. The van der Waals surface area contributed by atoms with Gasteiger partial charge >= 0.3 is 0 Å². The number of hydrogen-bond donors (Lipinski definition) is 1. The van der Waals surface area contributed by atoms with Crippen molar-refractivity contribution >= 4 is 22.9 Å². The van der Waals surface area contributed by atoms with Gasteiger partial charge in [0.25, 0.3) is 0 Å². The van der Waals surface area contributed by atoms with Gasteiger partial charge in [0.05, 0.1) is 16.8 Å². The molecule has 0 bridgehead atoms. The van der Waals surface area contributed by atoms with E-state index < -0.39 is 0 Å². The maximum atomic E-state index is 8.65. The minimum Gasteiger partial charge on any atom is -0.306 e. The third-order valence-corrected chi connectivity index (χ3v) is 3.51. The SMILES string of the molecule is CCC(CC#N)NC(C)c1csc(Cl)c1. The van der Waals surface area contributed by atoms with E-state index in [1.165, 1.54) is 5.56 Å². The molecule has 15 heavy (non-hydrogen) atoms. The van der Waals surface area contributed by atoms with Crippen LogP contribution in [0.4, 0.5) is 0 Å². The summed E-state index contributed by atoms with van der Waals surface area (Å²) in [5, 5.41) is 14.1. The second-order valence-corrected chi connectivity index (χ2v) is 5.08. The molecule has 2 atom stereocenters. The lowest BCUT2D eigenvalue weighted by atomic mass is 10.1. The Morgan fingerprint density at radius 3 is 2.87 bits per heavy atom. The van der Waals surface area contributed by atoms with Crippen molar-refractivity contribution < 1.29 is 0 Å². The van der Waals surface area contributed by atoms with Crippen LogP contribution in [0.3, 0.4) is 0 Å². The molecule has 1 aromatic heterocycles. The van der Waals surface area contributed by atoms with E-state index in [0.29, 0.717) is 6.42 Å². The highest BCUT2D eigenvalue weighted by molar-refractivity contribution is 7.14. The maximum absolute atomic E-state index is 8.65. The van der Waals surface area contributed by atoms with E-state index in [1.807, 2.05) is 6.07 Å². The molecule has 0 amide bonds. The quantitative estimate of drug-likeness (QED) is 0.854. The van der Waals surface area contributed by atoms with Crippen molar-refractivity contribution in [1.29, 1.82) is 5.26 Å². The van der Waals surface area contributed by atoms with Crippen LogP contribution in [0.25, 0.3) is 0 Å². The zero-order chi connectivity index (χ0) is 11.3. The Balaban J connectivity index is 2.54. The minimum absolute atomic E-state index is 0.257. The molecular weight excluding hydrogens is 228 g/mol. The lowest BCUT2D eigenvalue weighted by Crippen LogP contribution is -2.30. The monoisotopic (exact) mass is 242 g/mol. The first-order valence-corrected chi connectivity index (χ1v) is 6.30. The van der Waals surface area contributed by atoms with Gasteiger partial charge in [-0.2, -0.15) is 5.26 Å². The molecule has 1 rings (SSSR count). The van der Waals surface area contributed by atoms with E-state index in [1.54, 1.807) is 11.3 Å². The van der Waals surface area contributed by atoms with E-state index >= 15 is 0 Å². The molecule has 0 aliphatic rings. The lowest BCUT2D eigenvalue weighted by molar-refractivity contribution is 0.448. The van der Waals surface area contributed by atoms with Gasteiger partial charge in [0.1, 0.15) is 0 Å². The normalized spacial score (nSPS) is 14.5. The van der Waals surface area contributed by atoms with E-state index in [4.69, 9.17) is 16.9 Å². The summed E-state index contributed by atoms with van der Waals surface area (Å²) in [6.07, 6.45) is 1.52. The number of halogens is 1. The molecule has 2 unspecified atom stereocenters. The van der Waals surface area contributed by atoms with Gasteiger partial charge in [-0.3, -0.25) is 0 Å². The Hall–Kier alpha value is -0.560. The molecule has 0 fully saturated rings. The van der Waals surface area contributed by atoms with Gasteiger partial charge in [0.15, 0.2) is 0 Å². The van der Waals surface area contributed by atoms with Crippen LogP contribution in [0.1, 0.15) is 38.3 Å². The summed E-state index contributed by atoms with van der Waals surface area (Å²) in [5.74, 6) is 0. The van der Waals surface area contributed by atoms with E-state index in [-0.39, 0.29) is 12.1 Å². The van der Waals surface area contributed by atoms with Crippen molar-refractivity contribution in [3.63, 3.8) is 0 Å². The number of nitrogens with one attached hydrogen (secondary N) is 1. The predicted molar refractivity (Wildman–Crippen MR) is 65.2 cm³/mol. The van der Waals surface area contributed by atoms with E-state index in [9.17, 15) is 0 Å². The summed E-state index contributed by atoms with van der Waals surface area (Å²) in [7, 11) is 0. The second kappa shape index (κ2) is 6.12. The number of nitrogens with zero attached hydrogens (tertiary/aromatic N) is 1. The van der Waals surface area contributed by atoms with Crippen LogP contribution in [0.15, 0.2) is 11.4 Å². The van der Waals surface area contributed by atoms with Crippen molar-refractivity contribution in [3.05, 3.63) is 21.3 Å². The molecular formula is C11H15ClN2S. The Bertz CT molecular complexity index is 343. The standard InChI is InChI=1S/C11H15ClN2S/c1-3-10(4-5-13)14-8(2)9-6-11(12)15-7-9/h6-8,10,14H,3-4H2,1-2H3. The van der Waals surface area contributed by atoms with Gasteiger partial charge in [-0.25, -0.2) is 0 Å². The van der Waals surface area contributed by atoms with Crippen LogP contribution in [0.2, 0.25) is 4.34 Å².